The minimum absolute atomic E-state index is 0.0175. The summed E-state index contributed by atoms with van der Waals surface area (Å²) < 4.78 is 56.5. The summed E-state index contributed by atoms with van der Waals surface area (Å²) in [5.74, 6) is 0.399. The largest absolute Gasteiger partial charge is 0.491 e. The maximum absolute atomic E-state index is 13.5. The zero-order chi connectivity index (χ0) is 27.6. The minimum Gasteiger partial charge on any atom is -0.491 e. The number of amides is 1. The van der Waals surface area contributed by atoms with Crippen LogP contribution in [0.4, 0.5) is 19.0 Å². The number of halogens is 3. The van der Waals surface area contributed by atoms with Crippen LogP contribution in [-0.4, -0.2) is 86.0 Å². The van der Waals surface area contributed by atoms with Crippen LogP contribution in [0.15, 0.2) is 24.5 Å². The molecule has 0 aliphatic carbocycles. The first-order chi connectivity index (χ1) is 18.8. The van der Waals surface area contributed by atoms with Crippen molar-refractivity contribution < 1.29 is 32.2 Å². The zero-order valence-electron chi connectivity index (χ0n) is 22.2. The maximum Gasteiger partial charge on any atom is 0.416 e. The van der Waals surface area contributed by atoms with Crippen molar-refractivity contribution in [3.63, 3.8) is 0 Å². The number of likely N-dealkylation sites (tertiary alicyclic amines) is 1. The smallest absolute Gasteiger partial charge is 0.416 e. The van der Waals surface area contributed by atoms with Crippen molar-refractivity contribution in [2.75, 3.05) is 52.0 Å². The second-order valence-corrected chi connectivity index (χ2v) is 10.2. The summed E-state index contributed by atoms with van der Waals surface area (Å²) >= 11 is 0. The second-order valence-electron chi connectivity index (χ2n) is 10.2. The molecule has 12 heteroatoms. The van der Waals surface area contributed by atoms with Gasteiger partial charge in [-0.3, -0.25) is 4.79 Å². The molecule has 9 nitrogen and oxygen atoms in total. The topological polar surface area (TPSA) is 89.0 Å². The number of rotatable bonds is 6. The van der Waals surface area contributed by atoms with Crippen LogP contribution in [0.2, 0.25) is 0 Å². The molecule has 1 aromatic heterocycles. The van der Waals surface area contributed by atoms with Gasteiger partial charge in [-0.15, -0.1) is 0 Å². The van der Waals surface area contributed by atoms with Crippen LogP contribution >= 0.6 is 0 Å². The van der Waals surface area contributed by atoms with Gasteiger partial charge in [0.2, 0.25) is 0 Å². The van der Waals surface area contributed by atoms with Gasteiger partial charge in [-0.1, -0.05) is 6.07 Å². The van der Waals surface area contributed by atoms with E-state index in [2.05, 4.69) is 15.3 Å². The van der Waals surface area contributed by atoms with Crippen molar-refractivity contribution in [1.82, 2.24) is 20.2 Å². The molecule has 1 N–H and O–H groups in total. The number of aromatic nitrogens is 2. The van der Waals surface area contributed by atoms with Gasteiger partial charge in [0.05, 0.1) is 25.4 Å². The Balaban J connectivity index is 1.27. The number of carbonyl (C=O) groups is 1. The highest BCUT2D eigenvalue weighted by molar-refractivity contribution is 5.96. The van der Waals surface area contributed by atoms with Crippen molar-refractivity contribution in [1.29, 1.82) is 0 Å². The maximum atomic E-state index is 13.5. The number of nitrogens with zero attached hydrogens (tertiary/aromatic N) is 4. The van der Waals surface area contributed by atoms with Gasteiger partial charge in [0.1, 0.15) is 6.33 Å². The highest BCUT2D eigenvalue weighted by Crippen LogP contribution is 2.36. The number of hydrogen-bond donors (Lipinski definition) is 1. The molecule has 4 heterocycles. The molecule has 39 heavy (non-hydrogen) atoms. The molecule has 2 atom stereocenters. The number of piperidine rings is 1. The van der Waals surface area contributed by atoms with E-state index in [1.165, 1.54) is 25.6 Å². The van der Waals surface area contributed by atoms with Gasteiger partial charge in [-0.2, -0.15) is 13.2 Å². The first-order valence-electron chi connectivity index (χ1n) is 13.3. The van der Waals surface area contributed by atoms with Crippen LogP contribution in [-0.2, 0) is 28.6 Å². The third-order valence-electron chi connectivity index (χ3n) is 7.88. The van der Waals surface area contributed by atoms with Crippen LogP contribution < -0.4 is 15.0 Å². The van der Waals surface area contributed by atoms with Crippen LogP contribution in [0, 0.1) is 0 Å². The lowest BCUT2D eigenvalue weighted by molar-refractivity contribution is -0.137. The van der Waals surface area contributed by atoms with Gasteiger partial charge in [0.15, 0.2) is 17.3 Å². The Hall–Kier alpha value is -2.96. The zero-order valence-corrected chi connectivity index (χ0v) is 22.2. The van der Waals surface area contributed by atoms with Crippen molar-refractivity contribution in [2.24, 2.45) is 0 Å². The highest BCUT2D eigenvalue weighted by atomic mass is 19.4. The predicted molar refractivity (Wildman–Crippen MR) is 137 cm³/mol. The average Bonchev–Trinajstić information content (AvgIpc) is 2.96. The fraction of sp³-hybridized carbons (Fsp3) is 0.593. The minimum atomic E-state index is -4.41. The quantitative estimate of drug-likeness (QED) is 0.589. The molecule has 212 valence electrons. The Morgan fingerprint density at radius 1 is 1.10 bits per heavy atom. The molecule has 1 aromatic carbocycles. The third-order valence-corrected chi connectivity index (χ3v) is 7.88. The summed E-state index contributed by atoms with van der Waals surface area (Å²) in [5, 5.41) is 3.68. The molecular weight excluding hydrogens is 515 g/mol. The van der Waals surface area contributed by atoms with Gasteiger partial charge in [0, 0.05) is 52.0 Å². The Morgan fingerprint density at radius 2 is 1.90 bits per heavy atom. The molecule has 0 radical (unpaired) electrons. The summed E-state index contributed by atoms with van der Waals surface area (Å²) in [6.45, 7) is 3.18. The number of hydrogen-bond acceptors (Lipinski definition) is 8. The molecule has 3 aliphatic heterocycles. The monoisotopic (exact) mass is 549 g/mol. The van der Waals surface area contributed by atoms with Gasteiger partial charge >= 0.3 is 6.18 Å². The molecule has 0 saturated carbocycles. The average molecular weight is 550 g/mol. The van der Waals surface area contributed by atoms with Crippen molar-refractivity contribution in [2.45, 2.75) is 56.6 Å². The molecule has 0 unspecified atom stereocenters. The first kappa shape index (κ1) is 27.6. The van der Waals surface area contributed by atoms with E-state index in [1.807, 2.05) is 4.90 Å². The fourth-order valence-electron chi connectivity index (χ4n) is 5.68. The Kier molecular flexibility index (Phi) is 8.24. The number of benzene rings is 1. The number of ether oxygens (including phenoxy) is 3. The first-order valence-corrected chi connectivity index (χ1v) is 13.3. The normalized spacial score (nSPS) is 22.5. The molecule has 1 amide bonds. The van der Waals surface area contributed by atoms with E-state index >= 15 is 0 Å². The van der Waals surface area contributed by atoms with E-state index < -0.39 is 11.7 Å². The highest BCUT2D eigenvalue weighted by Gasteiger charge is 2.34. The third kappa shape index (κ3) is 5.97. The molecule has 2 saturated heterocycles. The Bertz CT molecular complexity index is 1170. The number of fused-ring (bicyclic) bond motifs is 1. The van der Waals surface area contributed by atoms with Crippen molar-refractivity contribution in [3.05, 3.63) is 46.9 Å². The van der Waals surface area contributed by atoms with E-state index in [0.29, 0.717) is 50.7 Å². The van der Waals surface area contributed by atoms with Gasteiger partial charge < -0.3 is 29.3 Å². The van der Waals surface area contributed by atoms with Gasteiger partial charge in [-0.05, 0) is 48.9 Å². The summed E-state index contributed by atoms with van der Waals surface area (Å²) in [4.78, 5) is 25.7. The van der Waals surface area contributed by atoms with Crippen LogP contribution in [0.25, 0.3) is 0 Å². The number of nitrogens with one attached hydrogen (secondary N) is 1. The SMILES string of the molecule is COc1c(C(=O)N2CCC(N[C@H]3CCOC[C@H]3OC)CC2)ncnc1N1CCc2ccc(C(F)(F)F)cc2C1. The second kappa shape index (κ2) is 11.6. The van der Waals surface area contributed by atoms with Crippen molar-refractivity contribution in [3.8, 4) is 5.75 Å². The van der Waals surface area contributed by atoms with E-state index in [4.69, 9.17) is 14.2 Å². The number of anilines is 1. The number of carbonyl (C=O) groups excluding carboxylic acids is 1. The lowest BCUT2D eigenvalue weighted by atomic mass is 9.97. The van der Waals surface area contributed by atoms with Gasteiger partial charge in [-0.25, -0.2) is 9.97 Å². The number of alkyl halides is 3. The van der Waals surface area contributed by atoms with Crippen molar-refractivity contribution >= 4 is 11.7 Å². The Morgan fingerprint density at radius 3 is 2.62 bits per heavy atom. The molecule has 3 aliphatic rings. The summed E-state index contributed by atoms with van der Waals surface area (Å²) in [6, 6.07) is 4.34. The predicted octanol–water partition coefficient (Wildman–Crippen LogP) is 3.06. The number of methoxy groups -OCH3 is 2. The molecule has 5 rings (SSSR count). The van der Waals surface area contributed by atoms with Crippen LogP contribution in [0.3, 0.4) is 0 Å². The summed E-state index contributed by atoms with van der Waals surface area (Å²) in [5.41, 5.74) is 0.936. The molecule has 0 bridgehead atoms. The van der Waals surface area contributed by atoms with E-state index in [9.17, 15) is 18.0 Å². The Labute approximate surface area is 225 Å². The fourth-order valence-corrected chi connectivity index (χ4v) is 5.68. The summed E-state index contributed by atoms with van der Waals surface area (Å²) in [7, 11) is 3.15. The lowest BCUT2D eigenvalue weighted by Gasteiger charge is -2.38. The molecule has 2 aromatic rings. The van der Waals surface area contributed by atoms with E-state index in [-0.39, 0.29) is 42.1 Å². The molecular formula is C27H34F3N5O4. The van der Waals surface area contributed by atoms with E-state index in [1.54, 1.807) is 12.0 Å². The van der Waals surface area contributed by atoms with Gasteiger partial charge in [0.25, 0.3) is 5.91 Å². The lowest BCUT2D eigenvalue weighted by Crippen LogP contribution is -2.54. The van der Waals surface area contributed by atoms with Crippen LogP contribution in [0.5, 0.6) is 5.75 Å². The molecule has 0 spiro atoms. The van der Waals surface area contributed by atoms with Crippen LogP contribution in [0.1, 0.15) is 46.4 Å². The molecule has 2 fully saturated rings. The summed E-state index contributed by atoms with van der Waals surface area (Å²) in [6.07, 6.45) is -0.0451. The van der Waals surface area contributed by atoms with E-state index in [0.717, 1.165) is 30.9 Å². The standard InChI is InChI=1S/C27H34F3N5O4/c1-37-22-15-39-12-8-21(22)33-20-6-10-34(11-7-20)26(36)23-24(38-2)25(32-16-31-23)35-9-5-17-3-4-19(27(28,29)30)13-18(17)14-35/h3-4,13,16,20-22,33H,5-12,14-15H2,1-2H3/t21-,22+/m0/s1.